The number of nitrogens with zero attached hydrogens (tertiary/aromatic N) is 4. The molecule has 1 aromatic heterocycles. The van der Waals surface area contributed by atoms with Gasteiger partial charge in [0, 0.05) is 18.3 Å². The van der Waals surface area contributed by atoms with Gasteiger partial charge in [-0.2, -0.15) is 18.3 Å². The Labute approximate surface area is 237 Å². The molecule has 2 aromatic carbocycles. The van der Waals surface area contributed by atoms with Crippen molar-refractivity contribution >= 4 is 23.8 Å². The molecule has 0 radical (unpaired) electrons. The number of carbonyl (C=O) groups is 4. The third-order valence-corrected chi connectivity index (χ3v) is 7.62. The molecule has 42 heavy (non-hydrogen) atoms. The highest BCUT2D eigenvalue weighted by Gasteiger charge is 2.56. The number of halogens is 4. The number of nitrogens with one attached hydrogen (secondary N) is 1. The van der Waals surface area contributed by atoms with Crippen LogP contribution in [0.5, 0.6) is 0 Å². The van der Waals surface area contributed by atoms with E-state index in [4.69, 9.17) is 5.73 Å². The number of hydrogen-bond donors (Lipinski definition) is 2. The van der Waals surface area contributed by atoms with Crippen molar-refractivity contribution in [1.82, 2.24) is 24.9 Å². The smallest absolute Gasteiger partial charge is 0.368 e. The Kier molecular flexibility index (Phi) is 7.25. The number of rotatable bonds is 8. The minimum absolute atomic E-state index is 0.0911. The minimum Gasteiger partial charge on any atom is -0.368 e. The van der Waals surface area contributed by atoms with Crippen LogP contribution in [-0.2, 0) is 39.4 Å². The van der Waals surface area contributed by atoms with Crippen molar-refractivity contribution in [1.29, 1.82) is 0 Å². The van der Waals surface area contributed by atoms with Crippen molar-refractivity contribution in [2.24, 2.45) is 5.73 Å². The molecule has 0 bridgehead atoms. The van der Waals surface area contributed by atoms with Gasteiger partial charge in [-0.15, -0.1) is 0 Å². The standard InChI is InChI=1S/C28H26F4N6O4/c1-16(28(30,31)32)37(12-17-2-5-21(29)6-3-17)24(40)15-38-25(41)27(35-26(38)42)9-8-19-10-18(4-7-22(19)27)20-11-34-36(13-20)14-23(33)39/h2-7,10-11,13,16H,8-9,12,14-15H2,1H3,(H2,33,39)(H,35,42)/t16-,27-/m0/s1. The molecule has 5 rings (SSSR count). The van der Waals surface area contributed by atoms with Crippen molar-refractivity contribution in [3.63, 3.8) is 0 Å². The number of imide groups is 1. The number of aryl methyl sites for hydroxylation is 1. The fourth-order valence-corrected chi connectivity index (χ4v) is 5.36. The molecule has 1 fully saturated rings. The van der Waals surface area contributed by atoms with Gasteiger partial charge >= 0.3 is 12.2 Å². The van der Waals surface area contributed by atoms with Crippen LogP contribution in [0.25, 0.3) is 11.1 Å². The summed E-state index contributed by atoms with van der Waals surface area (Å²) in [5, 5.41) is 6.77. The summed E-state index contributed by atoms with van der Waals surface area (Å²) in [4.78, 5) is 52.1. The van der Waals surface area contributed by atoms with E-state index in [0.29, 0.717) is 27.3 Å². The van der Waals surface area contributed by atoms with Crippen LogP contribution < -0.4 is 11.1 Å². The molecule has 3 N–H and O–H groups in total. The summed E-state index contributed by atoms with van der Waals surface area (Å²) in [5.41, 5.74) is 6.74. The van der Waals surface area contributed by atoms with Crippen molar-refractivity contribution in [2.75, 3.05) is 6.54 Å². The lowest BCUT2D eigenvalue weighted by atomic mass is 9.90. The molecule has 2 aliphatic rings. The number of carbonyl (C=O) groups excluding carboxylic acids is 4. The number of urea groups is 1. The molecule has 0 saturated carbocycles. The number of benzene rings is 2. The molecule has 1 saturated heterocycles. The lowest BCUT2D eigenvalue weighted by Crippen LogP contribution is -2.51. The van der Waals surface area contributed by atoms with Gasteiger partial charge in [0.2, 0.25) is 11.8 Å². The summed E-state index contributed by atoms with van der Waals surface area (Å²) >= 11 is 0. The van der Waals surface area contributed by atoms with E-state index >= 15 is 0 Å². The predicted octanol–water partition coefficient (Wildman–Crippen LogP) is 2.85. The summed E-state index contributed by atoms with van der Waals surface area (Å²) in [6.07, 6.45) is -0.974. The topological polar surface area (TPSA) is 131 Å². The lowest BCUT2D eigenvalue weighted by molar-refractivity contribution is -0.187. The second-order valence-electron chi connectivity index (χ2n) is 10.4. The van der Waals surface area contributed by atoms with Gasteiger partial charge in [-0.1, -0.05) is 30.3 Å². The van der Waals surface area contributed by atoms with E-state index in [0.717, 1.165) is 30.2 Å². The maximum atomic E-state index is 13.7. The highest BCUT2D eigenvalue weighted by atomic mass is 19.4. The van der Waals surface area contributed by atoms with Gasteiger partial charge < -0.3 is 16.0 Å². The molecule has 220 valence electrons. The van der Waals surface area contributed by atoms with E-state index in [1.54, 1.807) is 24.5 Å². The average Bonchev–Trinajstić information content (AvgIpc) is 3.60. The van der Waals surface area contributed by atoms with Crippen molar-refractivity contribution < 1.29 is 36.7 Å². The number of nitrogens with two attached hydrogens (primary N) is 1. The van der Waals surface area contributed by atoms with Crippen LogP contribution >= 0.6 is 0 Å². The van der Waals surface area contributed by atoms with E-state index in [-0.39, 0.29) is 18.5 Å². The van der Waals surface area contributed by atoms with E-state index in [1.165, 1.54) is 16.8 Å². The van der Waals surface area contributed by atoms with Crippen molar-refractivity contribution in [3.05, 3.63) is 77.4 Å². The van der Waals surface area contributed by atoms with E-state index in [1.807, 2.05) is 6.07 Å². The number of aromatic nitrogens is 2. The first-order valence-electron chi connectivity index (χ1n) is 13.0. The molecule has 0 unspecified atom stereocenters. The fraction of sp³-hybridized carbons (Fsp3) is 0.321. The van der Waals surface area contributed by atoms with Gasteiger partial charge in [0.15, 0.2) is 0 Å². The molecular weight excluding hydrogens is 560 g/mol. The van der Waals surface area contributed by atoms with Crippen LogP contribution in [-0.4, -0.2) is 62.1 Å². The monoisotopic (exact) mass is 586 g/mol. The Morgan fingerprint density at radius 2 is 1.83 bits per heavy atom. The largest absolute Gasteiger partial charge is 0.408 e. The Morgan fingerprint density at radius 1 is 1.12 bits per heavy atom. The predicted molar refractivity (Wildman–Crippen MR) is 140 cm³/mol. The number of hydrogen-bond acceptors (Lipinski definition) is 5. The third-order valence-electron chi connectivity index (χ3n) is 7.62. The average molecular weight is 587 g/mol. The van der Waals surface area contributed by atoms with Crippen molar-refractivity contribution in [2.45, 2.75) is 50.6 Å². The normalized spacial score (nSPS) is 18.7. The van der Waals surface area contributed by atoms with Gasteiger partial charge in [-0.3, -0.25) is 24.0 Å². The number of primary amides is 1. The van der Waals surface area contributed by atoms with E-state index < -0.39 is 60.4 Å². The molecule has 2 atom stereocenters. The Bertz CT molecular complexity index is 1570. The molecule has 1 aliphatic carbocycles. The molecular formula is C28H26F4N6O4. The van der Waals surface area contributed by atoms with Crippen LogP contribution in [0, 0.1) is 5.82 Å². The first kappa shape index (κ1) is 28.8. The molecule has 3 aromatic rings. The third kappa shape index (κ3) is 5.31. The highest BCUT2D eigenvalue weighted by Crippen LogP contribution is 2.43. The zero-order chi connectivity index (χ0) is 30.4. The van der Waals surface area contributed by atoms with Crippen LogP contribution in [0.2, 0.25) is 0 Å². The van der Waals surface area contributed by atoms with E-state index in [2.05, 4.69) is 10.4 Å². The molecule has 1 spiro atoms. The number of fused-ring (bicyclic) bond motifs is 2. The SMILES string of the molecule is C[C@H](N(Cc1ccc(F)cc1)C(=O)CN1C(=O)N[C@]2(CCc3cc(-c4cnn(CC(N)=O)c4)ccc32)C1=O)C(F)(F)F. The van der Waals surface area contributed by atoms with Gasteiger partial charge in [0.25, 0.3) is 5.91 Å². The summed E-state index contributed by atoms with van der Waals surface area (Å²) in [6, 6.07) is 6.75. The Morgan fingerprint density at radius 3 is 2.50 bits per heavy atom. The summed E-state index contributed by atoms with van der Waals surface area (Å²) in [7, 11) is 0. The maximum absolute atomic E-state index is 13.7. The first-order valence-corrected chi connectivity index (χ1v) is 13.0. The van der Waals surface area contributed by atoms with Crippen molar-refractivity contribution in [3.8, 4) is 11.1 Å². The number of alkyl halides is 3. The number of amides is 5. The highest BCUT2D eigenvalue weighted by molar-refractivity contribution is 6.10. The molecule has 5 amide bonds. The lowest BCUT2D eigenvalue weighted by Gasteiger charge is -2.32. The van der Waals surface area contributed by atoms with Gasteiger partial charge in [0.1, 0.15) is 30.5 Å². The minimum atomic E-state index is -4.79. The van der Waals surface area contributed by atoms with Crippen LogP contribution in [0.1, 0.15) is 30.0 Å². The van der Waals surface area contributed by atoms with Crippen LogP contribution in [0.4, 0.5) is 22.4 Å². The first-order chi connectivity index (χ1) is 19.8. The molecule has 2 heterocycles. The summed E-state index contributed by atoms with van der Waals surface area (Å²) in [5.74, 6) is -2.97. The quantitative estimate of drug-likeness (QED) is 0.310. The second-order valence-corrected chi connectivity index (χ2v) is 10.4. The van der Waals surface area contributed by atoms with Gasteiger partial charge in [-0.05, 0) is 54.2 Å². The maximum Gasteiger partial charge on any atom is 0.408 e. The van der Waals surface area contributed by atoms with Gasteiger partial charge in [0.05, 0.1) is 6.20 Å². The summed E-state index contributed by atoms with van der Waals surface area (Å²) in [6.45, 7) is -0.694. The Hall–Kier alpha value is -4.75. The van der Waals surface area contributed by atoms with Crippen LogP contribution in [0.3, 0.4) is 0 Å². The Balaban J connectivity index is 1.37. The molecule has 1 aliphatic heterocycles. The van der Waals surface area contributed by atoms with E-state index in [9.17, 15) is 36.7 Å². The molecule has 14 heteroatoms. The molecule has 10 nitrogen and oxygen atoms in total. The summed E-state index contributed by atoms with van der Waals surface area (Å²) < 4.78 is 55.7. The zero-order valence-electron chi connectivity index (χ0n) is 22.3. The van der Waals surface area contributed by atoms with Crippen LogP contribution in [0.15, 0.2) is 54.9 Å². The van der Waals surface area contributed by atoms with Gasteiger partial charge in [-0.25, -0.2) is 9.18 Å². The fourth-order valence-electron chi connectivity index (χ4n) is 5.36. The zero-order valence-corrected chi connectivity index (χ0v) is 22.3. The second kappa shape index (κ2) is 10.6.